The molecule has 28 heavy (non-hydrogen) atoms. The molecular formula is C20H22N6O2. The molecule has 0 bridgehead atoms. The number of aromatic amines is 1. The Morgan fingerprint density at radius 1 is 1.36 bits per heavy atom. The third kappa shape index (κ3) is 2.44. The van der Waals surface area contributed by atoms with Gasteiger partial charge in [-0.05, 0) is 37.8 Å². The SMILES string of the molecule is CCC1CN(C(=O)c2cnn(-c3nn4cccc4c(=O)[nH]3)c2C)CC2CC=C12. The van der Waals surface area contributed by atoms with Crippen LogP contribution in [-0.2, 0) is 0 Å². The molecule has 1 saturated heterocycles. The highest BCUT2D eigenvalue weighted by atomic mass is 16.2. The van der Waals surface area contributed by atoms with Crippen LogP contribution in [0.5, 0.6) is 0 Å². The number of carbonyl (C=O) groups excluding carboxylic acids is 1. The number of aromatic nitrogens is 5. The normalized spacial score (nSPS) is 21.4. The Hall–Kier alpha value is -3.16. The molecule has 1 aliphatic heterocycles. The first-order valence-electron chi connectivity index (χ1n) is 9.68. The zero-order valence-electron chi connectivity index (χ0n) is 15.9. The van der Waals surface area contributed by atoms with Crippen molar-refractivity contribution in [3.8, 4) is 5.95 Å². The van der Waals surface area contributed by atoms with Crippen LogP contribution >= 0.6 is 0 Å². The molecule has 0 radical (unpaired) electrons. The van der Waals surface area contributed by atoms with E-state index in [2.05, 4.69) is 28.2 Å². The molecule has 3 aromatic heterocycles. The molecule has 3 aromatic rings. The zero-order valence-corrected chi connectivity index (χ0v) is 15.9. The highest BCUT2D eigenvalue weighted by molar-refractivity contribution is 5.95. The average molecular weight is 378 g/mol. The van der Waals surface area contributed by atoms with Gasteiger partial charge in [0, 0.05) is 25.2 Å². The fraction of sp³-hybridized carbons (Fsp3) is 0.400. The molecular weight excluding hydrogens is 356 g/mol. The van der Waals surface area contributed by atoms with Gasteiger partial charge in [-0.15, -0.1) is 5.10 Å². The summed E-state index contributed by atoms with van der Waals surface area (Å²) >= 11 is 0. The summed E-state index contributed by atoms with van der Waals surface area (Å²) in [6, 6.07) is 3.46. The van der Waals surface area contributed by atoms with Gasteiger partial charge in [0.2, 0.25) is 5.95 Å². The number of hydrogen-bond donors (Lipinski definition) is 1. The molecule has 1 aliphatic carbocycles. The number of nitrogens with zero attached hydrogens (tertiary/aromatic N) is 5. The summed E-state index contributed by atoms with van der Waals surface area (Å²) < 4.78 is 3.03. The van der Waals surface area contributed by atoms with Gasteiger partial charge in [0.1, 0.15) is 5.52 Å². The van der Waals surface area contributed by atoms with E-state index >= 15 is 0 Å². The third-order valence-electron chi connectivity index (χ3n) is 6.07. The fourth-order valence-corrected chi connectivity index (χ4v) is 4.37. The van der Waals surface area contributed by atoms with Gasteiger partial charge in [0.25, 0.3) is 11.5 Å². The minimum Gasteiger partial charge on any atom is -0.337 e. The van der Waals surface area contributed by atoms with Crippen molar-refractivity contribution in [3.63, 3.8) is 0 Å². The maximum Gasteiger partial charge on any atom is 0.276 e. The number of H-pyrrole nitrogens is 1. The number of allylic oxidation sites excluding steroid dienone is 1. The Morgan fingerprint density at radius 2 is 2.21 bits per heavy atom. The lowest BCUT2D eigenvalue weighted by Gasteiger charge is -2.44. The monoisotopic (exact) mass is 378 g/mol. The topological polar surface area (TPSA) is 88.3 Å². The maximum atomic E-state index is 13.2. The molecule has 0 saturated carbocycles. The minimum absolute atomic E-state index is 0.00228. The molecule has 4 heterocycles. The smallest absolute Gasteiger partial charge is 0.276 e. The third-order valence-corrected chi connectivity index (χ3v) is 6.07. The second kappa shape index (κ2) is 6.19. The predicted molar refractivity (Wildman–Crippen MR) is 104 cm³/mol. The summed E-state index contributed by atoms with van der Waals surface area (Å²) in [4.78, 5) is 30.1. The first-order valence-corrected chi connectivity index (χ1v) is 9.68. The van der Waals surface area contributed by atoms with Crippen molar-refractivity contribution < 1.29 is 4.79 Å². The summed E-state index contributed by atoms with van der Waals surface area (Å²) in [6.07, 6.45) is 7.72. The lowest BCUT2D eigenvalue weighted by Crippen LogP contribution is -2.47. The van der Waals surface area contributed by atoms with Crippen molar-refractivity contribution in [2.45, 2.75) is 26.7 Å². The highest BCUT2D eigenvalue weighted by Gasteiger charge is 2.37. The van der Waals surface area contributed by atoms with E-state index in [-0.39, 0.29) is 11.5 Å². The van der Waals surface area contributed by atoms with Crippen LogP contribution in [0.1, 0.15) is 35.8 Å². The first-order chi connectivity index (χ1) is 13.6. The van der Waals surface area contributed by atoms with Crippen LogP contribution < -0.4 is 5.56 Å². The molecule has 1 fully saturated rings. The van der Waals surface area contributed by atoms with Gasteiger partial charge < -0.3 is 4.90 Å². The maximum absolute atomic E-state index is 13.2. The summed E-state index contributed by atoms with van der Waals surface area (Å²) in [5.41, 5.74) is 2.97. The molecule has 0 aromatic carbocycles. The van der Waals surface area contributed by atoms with Gasteiger partial charge in [0.05, 0.1) is 17.5 Å². The van der Waals surface area contributed by atoms with Crippen LogP contribution in [0.25, 0.3) is 11.5 Å². The number of fused-ring (bicyclic) bond motifs is 2. The largest absolute Gasteiger partial charge is 0.337 e. The summed E-state index contributed by atoms with van der Waals surface area (Å²) in [6.45, 7) is 5.54. The van der Waals surface area contributed by atoms with Gasteiger partial charge in [-0.3, -0.25) is 14.6 Å². The van der Waals surface area contributed by atoms with Crippen LogP contribution in [0.3, 0.4) is 0 Å². The average Bonchev–Trinajstić information content (AvgIpc) is 3.28. The van der Waals surface area contributed by atoms with Gasteiger partial charge in [-0.1, -0.05) is 18.6 Å². The van der Waals surface area contributed by atoms with Crippen molar-refractivity contribution in [2.24, 2.45) is 11.8 Å². The van der Waals surface area contributed by atoms with Crippen molar-refractivity contribution in [3.05, 3.63) is 57.8 Å². The predicted octanol–water partition coefficient (Wildman–Crippen LogP) is 1.95. The molecule has 1 amide bonds. The van der Waals surface area contributed by atoms with Crippen molar-refractivity contribution in [2.75, 3.05) is 13.1 Å². The Bertz CT molecular complexity index is 1170. The van der Waals surface area contributed by atoms with E-state index < -0.39 is 0 Å². The number of nitrogens with one attached hydrogen (secondary N) is 1. The summed E-state index contributed by atoms with van der Waals surface area (Å²) in [5.74, 6) is 1.25. The van der Waals surface area contributed by atoms with E-state index in [1.807, 2.05) is 11.8 Å². The van der Waals surface area contributed by atoms with Gasteiger partial charge in [0.15, 0.2) is 0 Å². The van der Waals surface area contributed by atoms with E-state index in [0.717, 1.165) is 25.9 Å². The molecule has 5 rings (SSSR count). The highest BCUT2D eigenvalue weighted by Crippen LogP contribution is 2.39. The number of likely N-dealkylation sites (tertiary alicyclic amines) is 1. The molecule has 2 atom stereocenters. The second-order valence-corrected chi connectivity index (χ2v) is 7.62. The van der Waals surface area contributed by atoms with E-state index in [1.165, 1.54) is 14.8 Å². The minimum atomic E-state index is -0.246. The van der Waals surface area contributed by atoms with E-state index in [0.29, 0.717) is 34.6 Å². The lowest BCUT2D eigenvalue weighted by atomic mass is 9.73. The molecule has 2 unspecified atom stereocenters. The Morgan fingerprint density at radius 3 is 2.96 bits per heavy atom. The number of amides is 1. The number of rotatable bonds is 3. The van der Waals surface area contributed by atoms with Gasteiger partial charge in [-0.25, -0.2) is 9.20 Å². The van der Waals surface area contributed by atoms with Crippen molar-refractivity contribution in [1.82, 2.24) is 29.3 Å². The van der Waals surface area contributed by atoms with Crippen LogP contribution in [-0.4, -0.2) is 48.3 Å². The molecule has 2 aliphatic rings. The Kier molecular flexibility index (Phi) is 3.75. The fourth-order valence-electron chi connectivity index (χ4n) is 4.37. The molecule has 0 spiro atoms. The molecule has 8 heteroatoms. The molecule has 144 valence electrons. The van der Waals surface area contributed by atoms with E-state index in [9.17, 15) is 9.59 Å². The van der Waals surface area contributed by atoms with Crippen LogP contribution in [0, 0.1) is 18.8 Å². The van der Waals surface area contributed by atoms with Gasteiger partial charge in [-0.2, -0.15) is 5.10 Å². The Balaban J connectivity index is 1.47. The van der Waals surface area contributed by atoms with E-state index in [4.69, 9.17) is 0 Å². The zero-order chi connectivity index (χ0) is 19.4. The first kappa shape index (κ1) is 17.0. The Labute approximate surface area is 161 Å². The lowest BCUT2D eigenvalue weighted by molar-refractivity contribution is 0.0651. The second-order valence-electron chi connectivity index (χ2n) is 7.62. The van der Waals surface area contributed by atoms with Crippen LogP contribution in [0.15, 0.2) is 41.0 Å². The van der Waals surface area contributed by atoms with Crippen LogP contribution in [0.2, 0.25) is 0 Å². The van der Waals surface area contributed by atoms with Crippen LogP contribution in [0.4, 0.5) is 0 Å². The van der Waals surface area contributed by atoms with Crippen molar-refractivity contribution >= 4 is 11.4 Å². The van der Waals surface area contributed by atoms with E-state index in [1.54, 1.807) is 24.5 Å². The van der Waals surface area contributed by atoms with Crippen molar-refractivity contribution in [1.29, 1.82) is 0 Å². The number of hydrogen-bond acceptors (Lipinski definition) is 4. The quantitative estimate of drug-likeness (QED) is 0.706. The van der Waals surface area contributed by atoms with Gasteiger partial charge >= 0.3 is 0 Å². The summed E-state index contributed by atoms with van der Waals surface area (Å²) in [5, 5.41) is 8.73. The number of piperidine rings is 1. The molecule has 8 nitrogen and oxygen atoms in total. The molecule has 1 N–H and O–H groups in total. The summed E-state index contributed by atoms with van der Waals surface area (Å²) in [7, 11) is 0. The standard InChI is InChI=1S/C20H22N6O2/c1-3-13-10-24(11-14-6-7-15(13)14)19(28)16-9-21-26(12(16)2)20-22-18(27)17-5-4-8-25(17)23-20/h4-5,7-9,13-14H,3,6,10-11H2,1-2H3,(H,22,23,27). The number of carbonyl (C=O) groups is 1.